The third-order valence-corrected chi connectivity index (χ3v) is 3.79. The molecule has 0 radical (unpaired) electrons. The number of amides is 1. The van der Waals surface area contributed by atoms with Crippen LogP contribution in [0.5, 0.6) is 0 Å². The van der Waals surface area contributed by atoms with Crippen molar-refractivity contribution >= 4 is 29.2 Å². The molecule has 0 atom stereocenters. The number of para-hydroxylation sites is 1. The summed E-state index contributed by atoms with van der Waals surface area (Å²) in [5, 5.41) is 11.8. The Bertz CT molecular complexity index is 824. The zero-order valence-electron chi connectivity index (χ0n) is 11.7. The summed E-state index contributed by atoms with van der Waals surface area (Å²) in [5.41, 5.74) is 5.42. The molecule has 8 heteroatoms. The normalized spacial score (nSPS) is 10.0. The van der Waals surface area contributed by atoms with E-state index in [-0.39, 0.29) is 21.8 Å². The van der Waals surface area contributed by atoms with Gasteiger partial charge in [-0.3, -0.25) is 9.59 Å². The highest BCUT2D eigenvalue weighted by molar-refractivity contribution is 7.98. The van der Waals surface area contributed by atoms with Crippen LogP contribution in [0, 0.1) is 11.3 Å². The number of rotatable bonds is 3. The second-order valence-electron chi connectivity index (χ2n) is 4.28. The number of anilines is 2. The molecular weight excluding hydrogens is 302 g/mol. The smallest absolute Gasteiger partial charge is 0.289 e. The van der Waals surface area contributed by atoms with E-state index < -0.39 is 11.5 Å². The van der Waals surface area contributed by atoms with Gasteiger partial charge in [0, 0.05) is 10.6 Å². The number of pyridine rings is 1. The molecule has 0 aliphatic carbocycles. The van der Waals surface area contributed by atoms with E-state index in [4.69, 9.17) is 16.8 Å². The highest BCUT2D eigenvalue weighted by atomic mass is 32.2. The topological polar surface area (TPSA) is 127 Å². The van der Waals surface area contributed by atoms with Crippen molar-refractivity contribution in [2.45, 2.75) is 4.90 Å². The van der Waals surface area contributed by atoms with E-state index in [0.717, 1.165) is 11.8 Å². The molecule has 0 unspecified atom stereocenters. The van der Waals surface area contributed by atoms with Crippen molar-refractivity contribution in [2.24, 2.45) is 0 Å². The van der Waals surface area contributed by atoms with Crippen molar-refractivity contribution in [3.05, 3.63) is 51.8 Å². The number of nitrogens with one attached hydrogen (secondary N) is 1. The van der Waals surface area contributed by atoms with E-state index in [1.807, 2.05) is 6.07 Å². The van der Waals surface area contributed by atoms with Crippen molar-refractivity contribution in [1.82, 2.24) is 4.68 Å². The summed E-state index contributed by atoms with van der Waals surface area (Å²) in [5.74, 6) is 4.82. The highest BCUT2D eigenvalue weighted by Gasteiger charge is 2.24. The molecule has 0 spiro atoms. The van der Waals surface area contributed by atoms with Gasteiger partial charge in [0.25, 0.3) is 11.5 Å². The minimum atomic E-state index is -0.736. The number of carbonyl (C=O) groups excluding carboxylic acids is 1. The van der Waals surface area contributed by atoms with Gasteiger partial charge >= 0.3 is 0 Å². The third kappa shape index (κ3) is 2.62. The molecule has 1 amide bonds. The molecule has 0 saturated carbocycles. The van der Waals surface area contributed by atoms with Crippen molar-refractivity contribution in [3.63, 3.8) is 0 Å². The Hall–Kier alpha value is -2.92. The molecule has 0 saturated heterocycles. The average molecular weight is 315 g/mol. The third-order valence-electron chi connectivity index (χ3n) is 2.98. The lowest BCUT2D eigenvalue weighted by molar-refractivity contribution is 0.102. The van der Waals surface area contributed by atoms with Crippen LogP contribution < -0.4 is 22.5 Å². The Labute approximate surface area is 130 Å². The molecule has 2 aromatic rings. The number of hydrogen-bond donors (Lipinski definition) is 3. The minimum absolute atomic E-state index is 0.00926. The lowest BCUT2D eigenvalue weighted by Crippen LogP contribution is -2.35. The van der Waals surface area contributed by atoms with Crippen LogP contribution in [0.2, 0.25) is 0 Å². The molecule has 112 valence electrons. The molecule has 0 aliphatic rings. The van der Waals surface area contributed by atoms with E-state index in [2.05, 4.69) is 5.32 Å². The van der Waals surface area contributed by atoms with Crippen LogP contribution in [-0.2, 0) is 0 Å². The first-order chi connectivity index (χ1) is 10.5. The molecule has 0 fully saturated rings. The maximum atomic E-state index is 12.5. The fraction of sp³-hybridized carbons (Fsp3) is 0.0714. The van der Waals surface area contributed by atoms with Crippen molar-refractivity contribution in [3.8, 4) is 6.07 Å². The molecule has 1 aromatic carbocycles. The lowest BCUT2D eigenvalue weighted by Gasteiger charge is -2.14. The van der Waals surface area contributed by atoms with Crippen molar-refractivity contribution in [2.75, 3.05) is 23.1 Å². The predicted molar refractivity (Wildman–Crippen MR) is 86.2 cm³/mol. The van der Waals surface area contributed by atoms with Crippen LogP contribution in [0.3, 0.4) is 0 Å². The summed E-state index contributed by atoms with van der Waals surface area (Å²) < 4.78 is 0.609. The molecule has 2 rings (SSSR count). The first kappa shape index (κ1) is 15.5. The van der Waals surface area contributed by atoms with Gasteiger partial charge in [0.05, 0.1) is 5.56 Å². The van der Waals surface area contributed by atoms with Crippen LogP contribution in [0.15, 0.2) is 40.0 Å². The first-order valence-corrected chi connectivity index (χ1v) is 7.37. The Morgan fingerprint density at radius 2 is 2.00 bits per heavy atom. The highest BCUT2D eigenvalue weighted by Crippen LogP contribution is 2.27. The van der Waals surface area contributed by atoms with Crippen LogP contribution in [0.1, 0.15) is 15.9 Å². The van der Waals surface area contributed by atoms with E-state index in [1.165, 1.54) is 0 Å². The van der Waals surface area contributed by atoms with Crippen molar-refractivity contribution in [1.29, 1.82) is 5.26 Å². The number of carbonyl (C=O) groups is 1. The number of hydrogen-bond acceptors (Lipinski definition) is 6. The zero-order chi connectivity index (χ0) is 16.3. The molecule has 5 N–H and O–H groups in total. The van der Waals surface area contributed by atoms with Gasteiger partial charge in [0.1, 0.15) is 17.5 Å². The fourth-order valence-corrected chi connectivity index (χ4v) is 2.66. The van der Waals surface area contributed by atoms with Gasteiger partial charge in [-0.15, -0.1) is 11.8 Å². The molecular formula is C14H13N5O2S. The summed E-state index contributed by atoms with van der Waals surface area (Å²) in [4.78, 5) is 24.6. The monoisotopic (exact) mass is 315 g/mol. The number of nitrogens with zero attached hydrogens (tertiary/aromatic N) is 2. The number of benzene rings is 1. The molecule has 0 bridgehead atoms. The maximum Gasteiger partial charge on any atom is 0.289 e. The van der Waals surface area contributed by atoms with E-state index >= 15 is 0 Å². The minimum Gasteiger partial charge on any atom is -0.383 e. The lowest BCUT2D eigenvalue weighted by atomic mass is 10.1. The van der Waals surface area contributed by atoms with Crippen LogP contribution in [0.25, 0.3) is 0 Å². The summed E-state index contributed by atoms with van der Waals surface area (Å²) in [7, 11) is 0. The fourth-order valence-electron chi connectivity index (χ4n) is 1.93. The van der Waals surface area contributed by atoms with Gasteiger partial charge in [-0.05, 0) is 18.4 Å². The number of aromatic nitrogens is 1. The van der Waals surface area contributed by atoms with Crippen LogP contribution >= 0.6 is 11.8 Å². The first-order valence-electron chi connectivity index (χ1n) is 6.15. The Kier molecular flexibility index (Phi) is 4.39. The molecule has 1 aromatic heterocycles. The largest absolute Gasteiger partial charge is 0.383 e. The maximum absolute atomic E-state index is 12.5. The van der Waals surface area contributed by atoms with Gasteiger partial charge in [0.2, 0.25) is 0 Å². The zero-order valence-corrected chi connectivity index (χ0v) is 12.5. The van der Waals surface area contributed by atoms with Gasteiger partial charge in [-0.1, -0.05) is 18.2 Å². The molecule has 22 heavy (non-hydrogen) atoms. The molecule has 1 heterocycles. The summed E-state index contributed by atoms with van der Waals surface area (Å²) in [6.45, 7) is 0. The van der Waals surface area contributed by atoms with E-state index in [0.29, 0.717) is 10.4 Å². The molecule has 0 aliphatic heterocycles. The van der Waals surface area contributed by atoms with Gasteiger partial charge in [0.15, 0.2) is 0 Å². The number of thioether (sulfide) groups is 1. The predicted octanol–water partition coefficient (Wildman–Crippen LogP) is 0.990. The van der Waals surface area contributed by atoms with E-state index in [9.17, 15) is 9.59 Å². The standard InChI is InChI=1S/C14H13N5O2S/c1-22-11-9(7-15)14(21)19(17)12(16)10(11)13(20)18-8-5-3-2-4-6-8/h2-6H,16-17H2,1H3,(H,18,20). The summed E-state index contributed by atoms with van der Waals surface area (Å²) >= 11 is 1.09. The van der Waals surface area contributed by atoms with E-state index in [1.54, 1.807) is 36.6 Å². The van der Waals surface area contributed by atoms with Crippen LogP contribution in [0.4, 0.5) is 11.5 Å². The van der Waals surface area contributed by atoms with Gasteiger partial charge in [-0.25, -0.2) is 4.68 Å². The second-order valence-corrected chi connectivity index (χ2v) is 5.09. The van der Waals surface area contributed by atoms with Gasteiger partial charge < -0.3 is 16.9 Å². The Balaban J connectivity index is 2.60. The summed E-state index contributed by atoms with van der Waals surface area (Å²) in [6.07, 6.45) is 1.65. The molecule has 7 nitrogen and oxygen atoms in total. The van der Waals surface area contributed by atoms with Gasteiger partial charge in [-0.2, -0.15) is 5.26 Å². The number of nitriles is 1. The van der Waals surface area contributed by atoms with Crippen LogP contribution in [-0.4, -0.2) is 16.8 Å². The summed E-state index contributed by atoms with van der Waals surface area (Å²) in [6, 6.07) is 10.5. The Morgan fingerprint density at radius 1 is 1.36 bits per heavy atom. The quantitative estimate of drug-likeness (QED) is 0.572. The number of nitrogen functional groups attached to an aromatic ring is 2. The number of nitrogens with two attached hydrogens (primary N) is 2. The average Bonchev–Trinajstić information content (AvgIpc) is 2.53. The van der Waals surface area contributed by atoms with Crippen molar-refractivity contribution < 1.29 is 4.79 Å². The second kappa shape index (κ2) is 6.24. The Morgan fingerprint density at radius 3 is 2.55 bits per heavy atom. The SMILES string of the molecule is CSc1c(C(=O)Nc2ccccc2)c(N)n(N)c(=O)c1C#N.